The maximum absolute atomic E-state index is 14.0. The molecule has 0 fully saturated rings. The number of hydrogen-bond donors (Lipinski definition) is 1. The minimum absolute atomic E-state index is 0.0303. The third kappa shape index (κ3) is 2.87. The second kappa shape index (κ2) is 5.92. The lowest BCUT2D eigenvalue weighted by Gasteiger charge is -2.18. The number of nitrogens with one attached hydrogen (secondary N) is 1. The van der Waals surface area contributed by atoms with E-state index in [0.29, 0.717) is 0 Å². The van der Waals surface area contributed by atoms with Gasteiger partial charge in [-0.05, 0) is 36.1 Å². The van der Waals surface area contributed by atoms with E-state index in [9.17, 15) is 8.78 Å². The SMILES string of the molecule is Cc1cccc(C(C)C)c1Nc1ccc(C#N)c(F)c1F. The Morgan fingerprint density at radius 1 is 1.10 bits per heavy atom. The molecule has 108 valence electrons. The Bertz CT molecular complexity index is 715. The lowest BCUT2D eigenvalue weighted by Crippen LogP contribution is -2.03. The molecule has 0 radical (unpaired) electrons. The van der Waals surface area contributed by atoms with Crippen LogP contribution in [-0.4, -0.2) is 0 Å². The molecule has 0 bridgehead atoms. The Labute approximate surface area is 123 Å². The molecule has 0 spiro atoms. The minimum atomic E-state index is -1.12. The van der Waals surface area contributed by atoms with E-state index in [2.05, 4.69) is 5.32 Å². The lowest BCUT2D eigenvalue weighted by molar-refractivity contribution is 0.509. The summed E-state index contributed by atoms with van der Waals surface area (Å²) >= 11 is 0. The number of rotatable bonds is 3. The molecule has 2 aromatic carbocycles. The first-order valence-corrected chi connectivity index (χ1v) is 6.70. The molecule has 0 heterocycles. The second-order valence-electron chi connectivity index (χ2n) is 5.22. The first-order chi connectivity index (χ1) is 9.95. The molecule has 0 saturated carbocycles. The van der Waals surface area contributed by atoms with E-state index in [0.717, 1.165) is 16.8 Å². The number of nitriles is 1. The van der Waals surface area contributed by atoms with Gasteiger partial charge in [-0.2, -0.15) is 5.26 Å². The zero-order valence-electron chi connectivity index (χ0n) is 12.2. The van der Waals surface area contributed by atoms with Crippen LogP contribution in [0.1, 0.15) is 36.5 Å². The molecule has 0 aliphatic carbocycles. The summed E-state index contributed by atoms with van der Waals surface area (Å²) in [5, 5.41) is 11.7. The lowest BCUT2D eigenvalue weighted by atomic mass is 9.98. The molecular weight excluding hydrogens is 270 g/mol. The van der Waals surface area contributed by atoms with Crippen LogP contribution in [0, 0.1) is 29.9 Å². The van der Waals surface area contributed by atoms with Gasteiger partial charge in [-0.25, -0.2) is 8.78 Å². The topological polar surface area (TPSA) is 35.8 Å². The summed E-state index contributed by atoms with van der Waals surface area (Å²) in [6.45, 7) is 5.98. The molecular formula is C17H16F2N2. The van der Waals surface area contributed by atoms with Gasteiger partial charge < -0.3 is 5.32 Å². The summed E-state index contributed by atoms with van der Waals surface area (Å²) in [5.74, 6) is -1.91. The van der Waals surface area contributed by atoms with Crippen LogP contribution >= 0.6 is 0 Å². The fraction of sp³-hybridized carbons (Fsp3) is 0.235. The maximum Gasteiger partial charge on any atom is 0.183 e. The van der Waals surface area contributed by atoms with Crippen molar-refractivity contribution in [1.29, 1.82) is 5.26 Å². The van der Waals surface area contributed by atoms with E-state index < -0.39 is 11.6 Å². The van der Waals surface area contributed by atoms with Crippen molar-refractivity contribution in [2.45, 2.75) is 26.7 Å². The quantitative estimate of drug-likeness (QED) is 0.860. The summed E-state index contributed by atoms with van der Waals surface area (Å²) in [5.41, 5.74) is 2.48. The summed E-state index contributed by atoms with van der Waals surface area (Å²) in [6, 6.07) is 10.1. The van der Waals surface area contributed by atoms with Crippen molar-refractivity contribution >= 4 is 11.4 Å². The minimum Gasteiger partial charge on any atom is -0.353 e. The van der Waals surface area contributed by atoms with Crippen molar-refractivity contribution in [2.24, 2.45) is 0 Å². The van der Waals surface area contributed by atoms with E-state index in [1.165, 1.54) is 12.1 Å². The van der Waals surface area contributed by atoms with Gasteiger partial charge in [-0.3, -0.25) is 0 Å². The maximum atomic E-state index is 14.0. The Hall–Kier alpha value is -2.41. The molecule has 2 aromatic rings. The number of halogens is 2. The van der Waals surface area contributed by atoms with E-state index >= 15 is 0 Å². The summed E-state index contributed by atoms with van der Waals surface area (Å²) in [4.78, 5) is 0. The monoisotopic (exact) mass is 286 g/mol. The van der Waals surface area contributed by atoms with Gasteiger partial charge in [0, 0.05) is 5.69 Å². The molecule has 21 heavy (non-hydrogen) atoms. The normalized spacial score (nSPS) is 10.5. The first-order valence-electron chi connectivity index (χ1n) is 6.70. The molecule has 4 heteroatoms. The van der Waals surface area contributed by atoms with Crippen LogP contribution in [0.2, 0.25) is 0 Å². The van der Waals surface area contributed by atoms with Gasteiger partial charge in [-0.15, -0.1) is 0 Å². The van der Waals surface area contributed by atoms with Crippen LogP contribution in [0.15, 0.2) is 30.3 Å². The van der Waals surface area contributed by atoms with Crippen molar-refractivity contribution in [2.75, 3.05) is 5.32 Å². The zero-order valence-corrected chi connectivity index (χ0v) is 12.2. The summed E-state index contributed by atoms with van der Waals surface area (Å²) in [7, 11) is 0. The molecule has 0 aliphatic heterocycles. The van der Waals surface area contributed by atoms with E-state index in [1.54, 1.807) is 6.07 Å². The van der Waals surface area contributed by atoms with Crippen LogP contribution in [-0.2, 0) is 0 Å². The number of aryl methyl sites for hydroxylation is 1. The average molecular weight is 286 g/mol. The molecule has 0 aromatic heterocycles. The standard InChI is InChI=1S/C17H16F2N2/c1-10(2)13-6-4-5-11(3)17(13)21-14-8-7-12(9-20)15(18)16(14)19/h4-8,10,21H,1-3H3. The number of benzene rings is 2. The fourth-order valence-corrected chi connectivity index (χ4v) is 2.21. The zero-order chi connectivity index (χ0) is 15.6. The van der Waals surface area contributed by atoms with Crippen LogP contribution in [0.5, 0.6) is 0 Å². The van der Waals surface area contributed by atoms with Gasteiger partial charge in [0.25, 0.3) is 0 Å². The number of para-hydroxylation sites is 1. The Morgan fingerprint density at radius 2 is 1.81 bits per heavy atom. The van der Waals surface area contributed by atoms with Gasteiger partial charge in [0.2, 0.25) is 0 Å². The Kier molecular flexibility index (Phi) is 4.23. The first kappa shape index (κ1) is 15.0. The van der Waals surface area contributed by atoms with Crippen LogP contribution < -0.4 is 5.32 Å². The summed E-state index contributed by atoms with van der Waals surface area (Å²) in [6.07, 6.45) is 0. The van der Waals surface area contributed by atoms with Crippen molar-refractivity contribution < 1.29 is 8.78 Å². The number of anilines is 2. The van der Waals surface area contributed by atoms with Gasteiger partial charge in [-0.1, -0.05) is 32.0 Å². The highest BCUT2D eigenvalue weighted by molar-refractivity contribution is 5.68. The Morgan fingerprint density at radius 3 is 2.43 bits per heavy atom. The molecule has 0 saturated heterocycles. The smallest absolute Gasteiger partial charge is 0.183 e. The number of nitrogens with zero attached hydrogens (tertiary/aromatic N) is 1. The highest BCUT2D eigenvalue weighted by atomic mass is 19.2. The van der Waals surface area contributed by atoms with Crippen molar-refractivity contribution in [1.82, 2.24) is 0 Å². The third-order valence-electron chi connectivity index (χ3n) is 3.39. The van der Waals surface area contributed by atoms with Crippen molar-refractivity contribution in [3.8, 4) is 6.07 Å². The predicted octanol–water partition coefficient (Wildman–Crippen LogP) is 5.01. The van der Waals surface area contributed by atoms with Crippen LogP contribution in [0.4, 0.5) is 20.2 Å². The van der Waals surface area contributed by atoms with Crippen LogP contribution in [0.3, 0.4) is 0 Å². The largest absolute Gasteiger partial charge is 0.353 e. The second-order valence-corrected chi connectivity index (χ2v) is 5.22. The molecule has 0 amide bonds. The van der Waals surface area contributed by atoms with E-state index in [4.69, 9.17) is 5.26 Å². The molecule has 0 aliphatic rings. The van der Waals surface area contributed by atoms with E-state index in [1.807, 2.05) is 39.0 Å². The predicted molar refractivity (Wildman–Crippen MR) is 79.6 cm³/mol. The molecule has 2 nitrogen and oxygen atoms in total. The number of hydrogen-bond acceptors (Lipinski definition) is 2. The molecule has 1 N–H and O–H groups in total. The Balaban J connectivity index is 2.49. The van der Waals surface area contributed by atoms with Gasteiger partial charge in [0.1, 0.15) is 6.07 Å². The summed E-state index contributed by atoms with van der Waals surface area (Å²) < 4.78 is 27.7. The third-order valence-corrected chi connectivity index (χ3v) is 3.39. The molecule has 0 atom stereocenters. The fourth-order valence-electron chi connectivity index (χ4n) is 2.21. The van der Waals surface area contributed by atoms with Crippen molar-refractivity contribution in [3.05, 3.63) is 58.7 Å². The average Bonchev–Trinajstić information content (AvgIpc) is 2.45. The van der Waals surface area contributed by atoms with Crippen molar-refractivity contribution in [3.63, 3.8) is 0 Å². The highest BCUT2D eigenvalue weighted by Gasteiger charge is 2.16. The van der Waals surface area contributed by atoms with E-state index in [-0.39, 0.29) is 17.2 Å². The van der Waals surface area contributed by atoms with Gasteiger partial charge in [0.15, 0.2) is 11.6 Å². The molecule has 0 unspecified atom stereocenters. The van der Waals surface area contributed by atoms with Crippen LogP contribution in [0.25, 0.3) is 0 Å². The van der Waals surface area contributed by atoms with Gasteiger partial charge >= 0.3 is 0 Å². The van der Waals surface area contributed by atoms with Gasteiger partial charge in [0.05, 0.1) is 11.3 Å². The highest BCUT2D eigenvalue weighted by Crippen LogP contribution is 2.32. The molecule has 2 rings (SSSR count).